The van der Waals surface area contributed by atoms with E-state index < -0.39 is 0 Å². The molecule has 0 bridgehead atoms. The average molecular weight is 331 g/mol. The molecule has 134 valence electrons. The van der Waals surface area contributed by atoms with Gasteiger partial charge in [0.2, 0.25) is 0 Å². The third-order valence-corrected chi connectivity index (χ3v) is 5.72. The molecule has 24 heavy (non-hydrogen) atoms. The molecule has 1 heterocycles. The second-order valence-electron chi connectivity index (χ2n) is 8.67. The standard InChI is InChI=1S/C21H34N2O/c1-21(2,3)16-6-10-19(11-7-16)24-20-12-8-17(9-13-20)23-18-5-4-14-22-15-18/h8-9,12-13,16,18-19,22-23H,4-7,10-11,14-15H2,1-3H3. The summed E-state index contributed by atoms with van der Waals surface area (Å²) in [6, 6.07) is 9.11. The van der Waals surface area contributed by atoms with Crippen molar-refractivity contribution in [2.75, 3.05) is 18.4 Å². The second-order valence-corrected chi connectivity index (χ2v) is 8.67. The Bertz CT molecular complexity index is 492. The summed E-state index contributed by atoms with van der Waals surface area (Å²) in [7, 11) is 0. The Morgan fingerprint density at radius 3 is 2.29 bits per heavy atom. The molecule has 1 atom stereocenters. The monoisotopic (exact) mass is 330 g/mol. The highest BCUT2D eigenvalue weighted by molar-refractivity contribution is 5.47. The molecular formula is C21H34N2O. The molecule has 3 rings (SSSR count). The number of ether oxygens (including phenoxy) is 1. The zero-order valence-electron chi connectivity index (χ0n) is 15.6. The van der Waals surface area contributed by atoms with Crippen LogP contribution in [0.5, 0.6) is 5.75 Å². The summed E-state index contributed by atoms with van der Waals surface area (Å²) < 4.78 is 6.22. The van der Waals surface area contributed by atoms with E-state index in [0.29, 0.717) is 17.6 Å². The SMILES string of the molecule is CC(C)(C)C1CCC(Oc2ccc(NC3CCCNC3)cc2)CC1. The molecular weight excluding hydrogens is 296 g/mol. The maximum absolute atomic E-state index is 6.22. The number of benzene rings is 1. The minimum Gasteiger partial charge on any atom is -0.490 e. The van der Waals surface area contributed by atoms with E-state index in [1.54, 1.807) is 0 Å². The largest absolute Gasteiger partial charge is 0.490 e. The average Bonchev–Trinajstić information content (AvgIpc) is 2.57. The molecule has 1 aromatic rings. The lowest BCUT2D eigenvalue weighted by Crippen LogP contribution is -2.38. The molecule has 0 amide bonds. The van der Waals surface area contributed by atoms with Gasteiger partial charge in [-0.1, -0.05) is 20.8 Å². The van der Waals surface area contributed by atoms with Gasteiger partial charge in [-0.25, -0.2) is 0 Å². The quantitative estimate of drug-likeness (QED) is 0.829. The molecule has 3 heteroatoms. The van der Waals surface area contributed by atoms with Crippen LogP contribution in [-0.2, 0) is 0 Å². The molecule has 2 aliphatic rings. The predicted molar refractivity (Wildman–Crippen MR) is 102 cm³/mol. The Balaban J connectivity index is 1.46. The first kappa shape index (κ1) is 17.6. The molecule has 2 N–H and O–H groups in total. The van der Waals surface area contributed by atoms with Gasteiger partial charge < -0.3 is 15.4 Å². The zero-order chi connectivity index (χ0) is 17.0. The molecule has 1 saturated carbocycles. The second kappa shape index (κ2) is 7.77. The molecule has 1 aliphatic carbocycles. The summed E-state index contributed by atoms with van der Waals surface area (Å²) in [5.41, 5.74) is 1.64. The summed E-state index contributed by atoms with van der Waals surface area (Å²) in [5, 5.41) is 7.06. The van der Waals surface area contributed by atoms with Crippen LogP contribution in [-0.4, -0.2) is 25.2 Å². The fraction of sp³-hybridized carbons (Fsp3) is 0.714. The van der Waals surface area contributed by atoms with Crippen LogP contribution in [0.2, 0.25) is 0 Å². The number of hydrogen-bond donors (Lipinski definition) is 2. The smallest absolute Gasteiger partial charge is 0.119 e. The van der Waals surface area contributed by atoms with Crippen LogP contribution in [0, 0.1) is 11.3 Å². The van der Waals surface area contributed by atoms with Crippen molar-refractivity contribution in [1.29, 1.82) is 0 Å². The lowest BCUT2D eigenvalue weighted by atomic mass is 9.72. The lowest BCUT2D eigenvalue weighted by molar-refractivity contribution is 0.0882. The van der Waals surface area contributed by atoms with Crippen LogP contribution in [0.3, 0.4) is 0 Å². The van der Waals surface area contributed by atoms with Gasteiger partial charge in [0.25, 0.3) is 0 Å². The highest BCUT2D eigenvalue weighted by Gasteiger charge is 2.30. The van der Waals surface area contributed by atoms with Crippen LogP contribution >= 0.6 is 0 Å². The molecule has 1 saturated heterocycles. The fourth-order valence-electron chi connectivity index (χ4n) is 4.08. The third kappa shape index (κ3) is 4.89. The number of nitrogens with one attached hydrogen (secondary N) is 2. The Morgan fingerprint density at radius 2 is 1.71 bits per heavy atom. The lowest BCUT2D eigenvalue weighted by Gasteiger charge is -2.37. The first-order chi connectivity index (χ1) is 11.5. The summed E-state index contributed by atoms with van der Waals surface area (Å²) >= 11 is 0. The van der Waals surface area contributed by atoms with Gasteiger partial charge in [0.05, 0.1) is 6.10 Å². The van der Waals surface area contributed by atoms with E-state index in [9.17, 15) is 0 Å². The first-order valence-corrected chi connectivity index (χ1v) is 9.75. The van der Waals surface area contributed by atoms with Crippen LogP contribution < -0.4 is 15.4 Å². The molecule has 1 aromatic carbocycles. The van der Waals surface area contributed by atoms with Crippen molar-refractivity contribution < 1.29 is 4.74 Å². The minimum atomic E-state index is 0.393. The number of piperidine rings is 1. The minimum absolute atomic E-state index is 0.393. The summed E-state index contributed by atoms with van der Waals surface area (Å²) in [5.74, 6) is 1.86. The molecule has 0 aromatic heterocycles. The van der Waals surface area contributed by atoms with E-state index in [1.165, 1.54) is 44.2 Å². The molecule has 1 aliphatic heterocycles. The maximum Gasteiger partial charge on any atom is 0.119 e. The Labute approximate surface area is 147 Å². The fourth-order valence-corrected chi connectivity index (χ4v) is 4.08. The van der Waals surface area contributed by atoms with E-state index in [2.05, 4.69) is 55.7 Å². The molecule has 1 unspecified atom stereocenters. The maximum atomic E-state index is 6.22. The van der Waals surface area contributed by atoms with Gasteiger partial charge in [-0.15, -0.1) is 0 Å². The summed E-state index contributed by atoms with van der Waals surface area (Å²) in [6.07, 6.45) is 7.87. The van der Waals surface area contributed by atoms with Gasteiger partial charge in [0, 0.05) is 18.3 Å². The van der Waals surface area contributed by atoms with Crippen molar-refractivity contribution in [3.8, 4) is 5.75 Å². The van der Waals surface area contributed by atoms with Crippen molar-refractivity contribution in [2.45, 2.75) is 71.4 Å². The van der Waals surface area contributed by atoms with Gasteiger partial charge in [-0.2, -0.15) is 0 Å². The summed E-state index contributed by atoms with van der Waals surface area (Å²) in [4.78, 5) is 0. The normalized spacial score (nSPS) is 28.4. The van der Waals surface area contributed by atoms with Crippen molar-refractivity contribution in [3.05, 3.63) is 24.3 Å². The molecule has 3 nitrogen and oxygen atoms in total. The zero-order valence-corrected chi connectivity index (χ0v) is 15.6. The van der Waals surface area contributed by atoms with E-state index >= 15 is 0 Å². The van der Waals surface area contributed by atoms with Crippen molar-refractivity contribution in [2.24, 2.45) is 11.3 Å². The number of rotatable bonds is 4. The van der Waals surface area contributed by atoms with Crippen LogP contribution in [0.15, 0.2) is 24.3 Å². The highest BCUT2D eigenvalue weighted by atomic mass is 16.5. The molecule has 0 radical (unpaired) electrons. The third-order valence-electron chi connectivity index (χ3n) is 5.72. The highest BCUT2D eigenvalue weighted by Crippen LogP contribution is 2.38. The first-order valence-electron chi connectivity index (χ1n) is 9.75. The van der Waals surface area contributed by atoms with Gasteiger partial charge in [0.15, 0.2) is 0 Å². The topological polar surface area (TPSA) is 33.3 Å². The van der Waals surface area contributed by atoms with Gasteiger partial charge >= 0.3 is 0 Å². The van der Waals surface area contributed by atoms with Gasteiger partial charge in [-0.3, -0.25) is 0 Å². The van der Waals surface area contributed by atoms with Crippen LogP contribution in [0.25, 0.3) is 0 Å². The van der Waals surface area contributed by atoms with E-state index in [4.69, 9.17) is 4.74 Å². The Kier molecular flexibility index (Phi) is 5.70. The van der Waals surface area contributed by atoms with E-state index in [-0.39, 0.29) is 0 Å². The van der Waals surface area contributed by atoms with Crippen LogP contribution in [0.1, 0.15) is 59.3 Å². The number of hydrogen-bond acceptors (Lipinski definition) is 3. The van der Waals surface area contributed by atoms with Crippen LogP contribution in [0.4, 0.5) is 5.69 Å². The Hall–Kier alpha value is -1.22. The van der Waals surface area contributed by atoms with Gasteiger partial charge in [-0.05, 0) is 80.7 Å². The molecule has 0 spiro atoms. The van der Waals surface area contributed by atoms with E-state index in [0.717, 1.165) is 24.8 Å². The van der Waals surface area contributed by atoms with Gasteiger partial charge in [0.1, 0.15) is 5.75 Å². The van der Waals surface area contributed by atoms with Crippen molar-refractivity contribution in [3.63, 3.8) is 0 Å². The Morgan fingerprint density at radius 1 is 1.00 bits per heavy atom. The van der Waals surface area contributed by atoms with E-state index in [1.807, 2.05) is 0 Å². The summed E-state index contributed by atoms with van der Waals surface area (Å²) in [6.45, 7) is 9.32. The predicted octanol–water partition coefficient (Wildman–Crippen LogP) is 4.83. The number of anilines is 1. The van der Waals surface area contributed by atoms with Crippen molar-refractivity contribution in [1.82, 2.24) is 5.32 Å². The van der Waals surface area contributed by atoms with Crippen molar-refractivity contribution >= 4 is 5.69 Å². The molecule has 2 fully saturated rings.